The molecule has 3 heterocycles. The molecule has 0 saturated carbocycles. The van der Waals surface area contributed by atoms with Crippen molar-refractivity contribution in [2.24, 2.45) is 0 Å². The predicted molar refractivity (Wildman–Crippen MR) is 142 cm³/mol. The predicted octanol–water partition coefficient (Wildman–Crippen LogP) is 5.91. The molecule has 5 rings (SSSR count). The monoisotopic (exact) mass is 569 g/mol. The topological polar surface area (TPSA) is 94.8 Å². The van der Waals surface area contributed by atoms with Gasteiger partial charge >= 0.3 is 0 Å². The smallest absolute Gasteiger partial charge is 0.297 e. The zero-order valence-corrected chi connectivity index (χ0v) is 22.4. The minimum atomic E-state index is -0.761. The Kier molecular flexibility index (Phi) is 6.81. The SMILES string of the molecule is CCCCOc1ccc(C2c3c(oc4ccc(Br)cc4c3=O)C(=O)N2c2nnc(CC)s2)cc1OC. The lowest BCUT2D eigenvalue weighted by Gasteiger charge is -2.23. The highest BCUT2D eigenvalue weighted by Crippen LogP contribution is 2.44. The van der Waals surface area contributed by atoms with Gasteiger partial charge in [-0.25, -0.2) is 0 Å². The van der Waals surface area contributed by atoms with Crippen LogP contribution in [-0.2, 0) is 6.42 Å². The van der Waals surface area contributed by atoms with E-state index in [2.05, 4.69) is 33.1 Å². The van der Waals surface area contributed by atoms with Crippen LogP contribution in [0.4, 0.5) is 5.13 Å². The summed E-state index contributed by atoms with van der Waals surface area (Å²) in [6.45, 7) is 4.64. The van der Waals surface area contributed by atoms with Crippen molar-refractivity contribution in [3.05, 3.63) is 73.0 Å². The Morgan fingerprint density at radius 1 is 1.11 bits per heavy atom. The number of ether oxygens (including phenoxy) is 2. The van der Waals surface area contributed by atoms with Crippen molar-refractivity contribution in [3.63, 3.8) is 0 Å². The molecule has 0 bridgehead atoms. The van der Waals surface area contributed by atoms with Crippen LogP contribution >= 0.6 is 27.3 Å². The Labute approximate surface area is 220 Å². The summed E-state index contributed by atoms with van der Waals surface area (Å²) in [6, 6.07) is 9.84. The molecule has 0 spiro atoms. The summed E-state index contributed by atoms with van der Waals surface area (Å²) < 4.78 is 18.3. The van der Waals surface area contributed by atoms with E-state index in [4.69, 9.17) is 13.9 Å². The molecule has 1 atom stereocenters. The standard InChI is InChI=1S/C26H24BrN3O5S/c1-4-6-11-34-18-9-7-14(12-19(18)33-3)22-21-23(31)16-13-15(27)8-10-17(16)35-24(21)25(32)30(22)26-29-28-20(5-2)36-26/h7-10,12-13,22H,4-6,11H2,1-3H3. The fourth-order valence-electron chi connectivity index (χ4n) is 4.24. The lowest BCUT2D eigenvalue weighted by atomic mass is 9.98. The van der Waals surface area contributed by atoms with E-state index >= 15 is 0 Å². The Bertz CT molecular complexity index is 1520. The van der Waals surface area contributed by atoms with Crippen molar-refractivity contribution in [2.45, 2.75) is 39.2 Å². The van der Waals surface area contributed by atoms with Gasteiger partial charge in [-0.1, -0.05) is 53.6 Å². The lowest BCUT2D eigenvalue weighted by molar-refractivity contribution is 0.0970. The molecular formula is C26H24BrN3O5S. The third-order valence-electron chi connectivity index (χ3n) is 6.06. The molecule has 2 aromatic carbocycles. The highest BCUT2D eigenvalue weighted by Gasteiger charge is 2.45. The Morgan fingerprint density at radius 3 is 2.67 bits per heavy atom. The maximum Gasteiger partial charge on any atom is 0.297 e. The van der Waals surface area contributed by atoms with Crippen LogP contribution in [0.1, 0.15) is 59.4 Å². The number of carbonyl (C=O) groups excluding carboxylic acids is 1. The van der Waals surface area contributed by atoms with Crippen LogP contribution < -0.4 is 19.8 Å². The van der Waals surface area contributed by atoms with Crippen LogP contribution in [0.2, 0.25) is 0 Å². The van der Waals surface area contributed by atoms with E-state index in [0.717, 1.165) is 22.3 Å². The Hall–Kier alpha value is -3.24. The maximum atomic E-state index is 13.8. The number of methoxy groups -OCH3 is 1. The first-order valence-electron chi connectivity index (χ1n) is 11.7. The molecule has 2 aromatic heterocycles. The van der Waals surface area contributed by atoms with Crippen molar-refractivity contribution in [3.8, 4) is 11.5 Å². The molecule has 0 radical (unpaired) electrons. The second-order valence-electron chi connectivity index (χ2n) is 8.34. The fourth-order valence-corrected chi connectivity index (χ4v) is 5.41. The second kappa shape index (κ2) is 10.0. The maximum absolute atomic E-state index is 13.8. The van der Waals surface area contributed by atoms with Crippen LogP contribution in [-0.4, -0.2) is 29.8 Å². The van der Waals surface area contributed by atoms with E-state index in [1.165, 1.54) is 16.2 Å². The minimum absolute atomic E-state index is 0.00955. The van der Waals surface area contributed by atoms with Crippen molar-refractivity contribution in [1.29, 1.82) is 0 Å². The van der Waals surface area contributed by atoms with Crippen molar-refractivity contribution < 1.29 is 18.7 Å². The first kappa shape index (κ1) is 24.5. The van der Waals surface area contributed by atoms with Gasteiger partial charge in [0.1, 0.15) is 10.6 Å². The lowest BCUT2D eigenvalue weighted by Crippen LogP contribution is -2.29. The highest BCUT2D eigenvalue weighted by molar-refractivity contribution is 9.10. The summed E-state index contributed by atoms with van der Waals surface area (Å²) in [7, 11) is 1.56. The third kappa shape index (κ3) is 4.18. The van der Waals surface area contributed by atoms with Gasteiger partial charge in [0.25, 0.3) is 5.91 Å². The molecule has 0 fully saturated rings. The van der Waals surface area contributed by atoms with Crippen molar-refractivity contribution >= 4 is 49.3 Å². The average Bonchev–Trinajstić information content (AvgIpc) is 3.47. The highest BCUT2D eigenvalue weighted by atomic mass is 79.9. The van der Waals surface area contributed by atoms with Crippen LogP contribution in [0.3, 0.4) is 0 Å². The number of halogens is 1. The number of unbranched alkanes of at least 4 members (excludes halogenated alkanes) is 1. The van der Waals surface area contributed by atoms with Gasteiger partial charge in [0, 0.05) is 4.47 Å². The van der Waals surface area contributed by atoms with Crippen LogP contribution in [0.15, 0.2) is 50.1 Å². The second-order valence-corrected chi connectivity index (χ2v) is 10.3. The average molecular weight is 570 g/mol. The molecule has 4 aromatic rings. The summed E-state index contributed by atoms with van der Waals surface area (Å²) in [6.07, 6.45) is 2.62. The normalized spacial score (nSPS) is 14.9. The largest absolute Gasteiger partial charge is 0.493 e. The molecule has 1 aliphatic heterocycles. The van der Waals surface area contributed by atoms with Gasteiger partial charge in [-0.15, -0.1) is 10.2 Å². The van der Waals surface area contributed by atoms with Crippen molar-refractivity contribution in [2.75, 3.05) is 18.6 Å². The fraction of sp³-hybridized carbons (Fsp3) is 0.308. The number of benzene rings is 2. The summed E-state index contributed by atoms with van der Waals surface area (Å²) in [5.74, 6) is 0.696. The number of nitrogens with zero attached hydrogens (tertiary/aromatic N) is 3. The molecule has 36 heavy (non-hydrogen) atoms. The molecule has 1 aliphatic rings. The van der Waals surface area contributed by atoms with Crippen LogP contribution in [0.25, 0.3) is 11.0 Å². The van der Waals surface area contributed by atoms with Gasteiger partial charge in [0.2, 0.25) is 10.9 Å². The van der Waals surface area contributed by atoms with E-state index in [1.54, 1.807) is 37.4 Å². The summed E-state index contributed by atoms with van der Waals surface area (Å²) in [4.78, 5) is 29.0. The van der Waals surface area contributed by atoms with E-state index in [9.17, 15) is 9.59 Å². The van der Waals surface area contributed by atoms with Gasteiger partial charge < -0.3 is 13.9 Å². The molecule has 1 unspecified atom stereocenters. The van der Waals surface area contributed by atoms with Crippen LogP contribution in [0.5, 0.6) is 11.5 Å². The molecular weight excluding hydrogens is 546 g/mol. The summed E-state index contributed by atoms with van der Waals surface area (Å²) >= 11 is 4.74. The summed E-state index contributed by atoms with van der Waals surface area (Å²) in [5, 5.41) is 10.0. The Morgan fingerprint density at radius 2 is 1.94 bits per heavy atom. The molecule has 186 valence electrons. The number of aromatic nitrogens is 2. The molecule has 0 N–H and O–H groups in total. The van der Waals surface area contributed by atoms with Gasteiger partial charge in [0.05, 0.1) is 30.7 Å². The number of hydrogen-bond donors (Lipinski definition) is 0. The van der Waals surface area contributed by atoms with E-state index in [1.807, 2.05) is 13.0 Å². The minimum Gasteiger partial charge on any atom is -0.493 e. The van der Waals surface area contributed by atoms with Gasteiger partial charge in [-0.2, -0.15) is 0 Å². The zero-order valence-electron chi connectivity index (χ0n) is 20.0. The number of amides is 1. The van der Waals surface area contributed by atoms with E-state index < -0.39 is 11.9 Å². The van der Waals surface area contributed by atoms with Crippen molar-refractivity contribution in [1.82, 2.24) is 10.2 Å². The first-order valence-corrected chi connectivity index (χ1v) is 13.3. The third-order valence-corrected chi connectivity index (χ3v) is 7.62. The Balaban J connectivity index is 1.70. The number of hydrogen-bond acceptors (Lipinski definition) is 8. The van der Waals surface area contributed by atoms with E-state index in [0.29, 0.717) is 46.2 Å². The first-order chi connectivity index (χ1) is 17.5. The molecule has 0 saturated heterocycles. The molecule has 8 nitrogen and oxygen atoms in total. The van der Waals surface area contributed by atoms with Gasteiger partial charge in [-0.3, -0.25) is 14.5 Å². The summed E-state index contributed by atoms with van der Waals surface area (Å²) in [5.41, 5.74) is 1.02. The number of rotatable bonds is 8. The molecule has 0 aliphatic carbocycles. The van der Waals surface area contributed by atoms with Gasteiger partial charge in [0.15, 0.2) is 16.9 Å². The number of carbonyl (C=O) groups is 1. The molecule has 1 amide bonds. The van der Waals surface area contributed by atoms with Crippen LogP contribution in [0, 0.1) is 0 Å². The number of anilines is 1. The quantitative estimate of drug-likeness (QED) is 0.243. The van der Waals surface area contributed by atoms with Gasteiger partial charge in [-0.05, 0) is 48.7 Å². The zero-order chi connectivity index (χ0) is 25.4. The number of aryl methyl sites for hydroxylation is 1. The number of fused-ring (bicyclic) bond motifs is 2. The van der Waals surface area contributed by atoms with E-state index in [-0.39, 0.29) is 16.8 Å². The molecule has 10 heteroatoms.